The van der Waals surface area contributed by atoms with Crippen molar-refractivity contribution in [3.63, 3.8) is 0 Å². The second-order valence-corrected chi connectivity index (χ2v) is 14.6. The van der Waals surface area contributed by atoms with E-state index < -0.39 is 0 Å². The van der Waals surface area contributed by atoms with Crippen molar-refractivity contribution >= 4 is 23.7 Å². The minimum Gasteiger partial charge on any atom is -0.313 e. The van der Waals surface area contributed by atoms with Crippen LogP contribution >= 0.6 is 0 Å². The number of rotatable bonds is 4. The molecule has 2 fully saturated rings. The van der Waals surface area contributed by atoms with Gasteiger partial charge in [0.25, 0.3) is 0 Å². The summed E-state index contributed by atoms with van der Waals surface area (Å²) in [7, 11) is 0. The highest BCUT2D eigenvalue weighted by atomic mass is 15.3. The first-order valence-corrected chi connectivity index (χ1v) is 18.1. The molecule has 2 aromatic carbocycles. The van der Waals surface area contributed by atoms with Crippen molar-refractivity contribution in [2.75, 3.05) is 4.90 Å². The molecule has 2 bridgehead atoms. The molecule has 0 saturated heterocycles. The molecule has 238 valence electrons. The third-order valence-electron chi connectivity index (χ3n) is 11.8. The smallest absolute Gasteiger partial charge is 0.234 e. The Balaban J connectivity index is 1.15. The Hall–Kier alpha value is -5.29. The van der Waals surface area contributed by atoms with E-state index in [1.807, 2.05) is 0 Å². The van der Waals surface area contributed by atoms with Gasteiger partial charge in [0.2, 0.25) is 5.95 Å². The summed E-state index contributed by atoms with van der Waals surface area (Å²) in [5.74, 6) is 3.07. The molecule has 6 aliphatic carbocycles. The molecule has 5 heteroatoms. The molecule has 2 aromatic heterocycles. The summed E-state index contributed by atoms with van der Waals surface area (Å²) in [5, 5.41) is 0. The number of nitrogens with zero attached hydrogens (tertiary/aromatic N) is 5. The normalized spacial score (nSPS) is 24.1. The van der Waals surface area contributed by atoms with E-state index in [9.17, 15) is 0 Å². The predicted octanol–water partition coefficient (Wildman–Crippen LogP) is 9.72. The van der Waals surface area contributed by atoms with Crippen LogP contribution in [-0.2, 0) is 6.42 Å². The van der Waals surface area contributed by atoms with Crippen LogP contribution in [0.4, 0.5) is 5.95 Å². The average molecular weight is 636 g/mol. The van der Waals surface area contributed by atoms with Crippen LogP contribution < -0.4 is 4.90 Å². The summed E-state index contributed by atoms with van der Waals surface area (Å²) in [6.07, 6.45) is 28.2. The fraction of sp³-hybridized carbons (Fsp3) is 0.250. The molecule has 3 unspecified atom stereocenters. The van der Waals surface area contributed by atoms with Crippen molar-refractivity contribution in [2.45, 2.75) is 63.3 Å². The van der Waals surface area contributed by atoms with Crippen molar-refractivity contribution in [1.82, 2.24) is 19.5 Å². The van der Waals surface area contributed by atoms with E-state index in [0.29, 0.717) is 5.92 Å². The average Bonchev–Trinajstić information content (AvgIpc) is 3.77. The maximum Gasteiger partial charge on any atom is 0.234 e. The maximum atomic E-state index is 5.32. The summed E-state index contributed by atoms with van der Waals surface area (Å²) in [6, 6.07) is 21.5. The number of anilines is 1. The molecule has 11 rings (SSSR count). The number of allylic oxidation sites excluding steroid dienone is 9. The molecular weight excluding hydrogens is 599 g/mol. The van der Waals surface area contributed by atoms with Gasteiger partial charge in [-0.2, -0.15) is 9.97 Å². The van der Waals surface area contributed by atoms with Gasteiger partial charge in [-0.15, -0.1) is 0 Å². The van der Waals surface area contributed by atoms with Crippen LogP contribution in [0.3, 0.4) is 0 Å². The summed E-state index contributed by atoms with van der Waals surface area (Å²) < 4.78 is 2.58. The van der Waals surface area contributed by atoms with E-state index in [1.54, 1.807) is 11.1 Å². The zero-order valence-electron chi connectivity index (χ0n) is 27.5. The van der Waals surface area contributed by atoms with E-state index in [-0.39, 0.29) is 12.0 Å². The van der Waals surface area contributed by atoms with Crippen LogP contribution in [0, 0.1) is 5.92 Å². The standard InChI is InChI=1S/C44H37N5/c1-4-10-29(11-5-1)42-45-43(30-12-6-2-7-13-30)47-44(46-42)49-37-21-20-36-41(40(37)34-23-27-16-17-28(22-27)24-38(34)49)35-25-31-18-19-32(31)26-39(35)48(36)33-14-8-3-9-15-33/h1,3-6,8-15,20-21,23-25,32,37,40H,2,7,16-19,22,26H2. The lowest BCUT2D eigenvalue weighted by molar-refractivity contribution is 0.433. The lowest BCUT2D eigenvalue weighted by Crippen LogP contribution is -2.35. The number of benzene rings is 2. The number of para-hydroxylation sites is 1. The first-order valence-electron chi connectivity index (χ1n) is 18.1. The molecule has 3 heterocycles. The second kappa shape index (κ2) is 10.6. The van der Waals surface area contributed by atoms with Gasteiger partial charge in [-0.05, 0) is 92.7 Å². The number of hydrogen-bond acceptors (Lipinski definition) is 4. The molecule has 1 aliphatic heterocycles. The minimum atomic E-state index is 0.0617. The Bertz CT molecular complexity index is 2290. The maximum absolute atomic E-state index is 5.32. The molecule has 4 aromatic rings. The van der Waals surface area contributed by atoms with E-state index in [2.05, 4.69) is 119 Å². The lowest BCUT2D eigenvalue weighted by atomic mass is 9.71. The van der Waals surface area contributed by atoms with Crippen molar-refractivity contribution in [2.24, 2.45) is 5.92 Å². The van der Waals surface area contributed by atoms with Crippen molar-refractivity contribution in [3.8, 4) is 17.1 Å². The van der Waals surface area contributed by atoms with Gasteiger partial charge in [-0.3, -0.25) is 0 Å². The van der Waals surface area contributed by atoms with Gasteiger partial charge in [0, 0.05) is 39.7 Å². The summed E-state index contributed by atoms with van der Waals surface area (Å²) in [4.78, 5) is 18.2. The highest BCUT2D eigenvalue weighted by Gasteiger charge is 2.47. The molecule has 0 radical (unpaired) electrons. The van der Waals surface area contributed by atoms with Gasteiger partial charge in [0.05, 0.1) is 11.7 Å². The first kappa shape index (κ1) is 27.6. The molecule has 2 saturated carbocycles. The molecule has 0 N–H and O–H groups in total. The van der Waals surface area contributed by atoms with Crippen molar-refractivity contribution < 1.29 is 0 Å². The fourth-order valence-electron chi connectivity index (χ4n) is 9.37. The van der Waals surface area contributed by atoms with E-state index in [4.69, 9.17) is 15.0 Å². The summed E-state index contributed by atoms with van der Waals surface area (Å²) in [5.41, 5.74) is 16.5. The van der Waals surface area contributed by atoms with E-state index >= 15 is 0 Å². The molecule has 49 heavy (non-hydrogen) atoms. The Morgan fingerprint density at radius 1 is 0.755 bits per heavy atom. The Kier molecular flexibility index (Phi) is 5.98. The Morgan fingerprint density at radius 3 is 2.37 bits per heavy atom. The van der Waals surface area contributed by atoms with Crippen LogP contribution in [0.5, 0.6) is 0 Å². The summed E-state index contributed by atoms with van der Waals surface area (Å²) in [6.45, 7) is 0. The largest absolute Gasteiger partial charge is 0.313 e. The zero-order chi connectivity index (χ0) is 32.1. The molecule has 3 atom stereocenters. The van der Waals surface area contributed by atoms with Crippen LogP contribution in [0.1, 0.15) is 79.2 Å². The number of aromatic nitrogens is 4. The van der Waals surface area contributed by atoms with Crippen molar-refractivity contribution in [1.29, 1.82) is 0 Å². The number of fused-ring (bicyclic) bond motifs is 9. The van der Waals surface area contributed by atoms with Gasteiger partial charge in [-0.25, -0.2) is 4.98 Å². The number of hydrogen-bond donors (Lipinski definition) is 0. The quantitative estimate of drug-likeness (QED) is 0.224. The van der Waals surface area contributed by atoms with Crippen LogP contribution in [0.15, 0.2) is 125 Å². The molecule has 5 nitrogen and oxygen atoms in total. The Morgan fingerprint density at radius 2 is 1.57 bits per heavy atom. The molecular formula is C44H37N5. The predicted molar refractivity (Wildman–Crippen MR) is 197 cm³/mol. The van der Waals surface area contributed by atoms with Crippen LogP contribution in [0.25, 0.3) is 34.8 Å². The van der Waals surface area contributed by atoms with Crippen LogP contribution in [-0.4, -0.2) is 25.6 Å². The highest BCUT2D eigenvalue weighted by Crippen LogP contribution is 2.55. The third kappa shape index (κ3) is 4.21. The molecule has 0 amide bonds. The van der Waals surface area contributed by atoms with E-state index in [1.165, 1.54) is 57.9 Å². The zero-order valence-corrected chi connectivity index (χ0v) is 27.5. The first-order chi connectivity index (χ1) is 24.3. The molecule has 0 spiro atoms. The van der Waals surface area contributed by atoms with Crippen LogP contribution in [0.2, 0.25) is 0 Å². The minimum absolute atomic E-state index is 0.0617. The van der Waals surface area contributed by atoms with Gasteiger partial charge >= 0.3 is 0 Å². The highest BCUT2D eigenvalue weighted by molar-refractivity contribution is 5.80. The third-order valence-corrected chi connectivity index (χ3v) is 11.8. The topological polar surface area (TPSA) is 46.8 Å². The SMILES string of the molecule is C1=CC(c2nc(-c3ccccc3)nc(N3C4=C(C=C5CCC(=C4)C5)C4c5c6c(n(-c7ccccc7)c5C=CC43)CC3CCC3=C6)n2)=CCC1. The second-order valence-electron chi connectivity index (χ2n) is 14.6. The van der Waals surface area contributed by atoms with Gasteiger partial charge in [0.15, 0.2) is 11.6 Å². The van der Waals surface area contributed by atoms with Gasteiger partial charge in [0.1, 0.15) is 0 Å². The van der Waals surface area contributed by atoms with E-state index in [0.717, 1.165) is 67.3 Å². The van der Waals surface area contributed by atoms with Gasteiger partial charge < -0.3 is 9.47 Å². The fourth-order valence-corrected chi connectivity index (χ4v) is 9.37. The lowest BCUT2D eigenvalue weighted by Gasteiger charge is -2.35. The summed E-state index contributed by atoms with van der Waals surface area (Å²) >= 11 is 0. The van der Waals surface area contributed by atoms with Crippen molar-refractivity contribution in [3.05, 3.63) is 153 Å². The van der Waals surface area contributed by atoms with Gasteiger partial charge in [-0.1, -0.05) is 102 Å². The Labute approximate surface area is 287 Å². The monoisotopic (exact) mass is 635 g/mol. The molecule has 7 aliphatic rings.